The highest BCUT2D eigenvalue weighted by molar-refractivity contribution is 7.11. The molecule has 13 heavy (non-hydrogen) atoms. The third-order valence-electron chi connectivity index (χ3n) is 1.84. The molecule has 0 bridgehead atoms. The van der Waals surface area contributed by atoms with Crippen molar-refractivity contribution in [1.82, 2.24) is 5.32 Å². The number of methoxy groups -OCH3 is 1. The Hall–Kier alpha value is -0.380. The smallest absolute Gasteiger partial charge is 0.0613 e. The second kappa shape index (κ2) is 5.37. The van der Waals surface area contributed by atoms with E-state index in [0.29, 0.717) is 6.04 Å². The highest BCUT2D eigenvalue weighted by Crippen LogP contribution is 2.14. The summed E-state index contributed by atoms with van der Waals surface area (Å²) in [6.07, 6.45) is 0. The fraction of sp³-hybridized carbons (Fsp3) is 0.600. The summed E-state index contributed by atoms with van der Waals surface area (Å²) in [6.45, 7) is 5.98. The minimum atomic E-state index is 0.424. The minimum Gasteiger partial charge on any atom is -0.383 e. The van der Waals surface area contributed by atoms with Crippen molar-refractivity contribution in [1.29, 1.82) is 0 Å². The predicted molar refractivity (Wildman–Crippen MR) is 57.2 cm³/mol. The van der Waals surface area contributed by atoms with Gasteiger partial charge in [0.1, 0.15) is 0 Å². The minimum absolute atomic E-state index is 0.424. The molecule has 1 N–H and O–H groups in total. The molecule has 0 aliphatic carbocycles. The lowest BCUT2D eigenvalue weighted by atomic mass is 10.3. The average Bonchev–Trinajstić information content (AvgIpc) is 2.49. The van der Waals surface area contributed by atoms with Crippen LogP contribution in [0, 0.1) is 6.92 Å². The zero-order valence-corrected chi connectivity index (χ0v) is 9.28. The summed E-state index contributed by atoms with van der Waals surface area (Å²) in [7, 11) is 1.73. The highest BCUT2D eigenvalue weighted by Gasteiger charge is 2.01. The highest BCUT2D eigenvalue weighted by atomic mass is 32.1. The van der Waals surface area contributed by atoms with E-state index >= 15 is 0 Å². The molecule has 0 saturated carbocycles. The van der Waals surface area contributed by atoms with Gasteiger partial charge in [-0.2, -0.15) is 0 Å². The molecule has 1 heterocycles. The lowest BCUT2D eigenvalue weighted by Crippen LogP contribution is -2.29. The van der Waals surface area contributed by atoms with Crippen LogP contribution in [0.1, 0.15) is 16.7 Å². The second-order valence-electron chi connectivity index (χ2n) is 3.25. The van der Waals surface area contributed by atoms with Gasteiger partial charge >= 0.3 is 0 Å². The standard InChI is InChI=1S/C10H17NOS/c1-8(7-12-3)11-6-10-5-4-9(2)13-10/h4-5,8,11H,6-7H2,1-3H3. The summed E-state index contributed by atoms with van der Waals surface area (Å²) in [4.78, 5) is 2.76. The van der Waals surface area contributed by atoms with Gasteiger partial charge in [-0.1, -0.05) is 0 Å². The van der Waals surface area contributed by atoms with E-state index in [-0.39, 0.29) is 0 Å². The van der Waals surface area contributed by atoms with E-state index in [0.717, 1.165) is 13.2 Å². The summed E-state index contributed by atoms with van der Waals surface area (Å²) in [5.74, 6) is 0. The van der Waals surface area contributed by atoms with Gasteiger partial charge in [0, 0.05) is 29.5 Å². The van der Waals surface area contributed by atoms with Crippen molar-refractivity contribution in [3.8, 4) is 0 Å². The quantitative estimate of drug-likeness (QED) is 0.785. The van der Waals surface area contributed by atoms with E-state index in [1.165, 1.54) is 9.75 Å². The van der Waals surface area contributed by atoms with Crippen molar-refractivity contribution in [2.45, 2.75) is 26.4 Å². The van der Waals surface area contributed by atoms with E-state index in [9.17, 15) is 0 Å². The van der Waals surface area contributed by atoms with Gasteiger partial charge in [0.25, 0.3) is 0 Å². The zero-order valence-electron chi connectivity index (χ0n) is 8.46. The van der Waals surface area contributed by atoms with Crippen LogP contribution in [0.4, 0.5) is 0 Å². The molecule has 0 aromatic carbocycles. The Balaban J connectivity index is 2.26. The third kappa shape index (κ3) is 3.89. The van der Waals surface area contributed by atoms with E-state index < -0.39 is 0 Å². The SMILES string of the molecule is COCC(C)NCc1ccc(C)s1. The number of hydrogen-bond donors (Lipinski definition) is 1. The van der Waals surface area contributed by atoms with Crippen molar-refractivity contribution >= 4 is 11.3 Å². The number of hydrogen-bond acceptors (Lipinski definition) is 3. The molecule has 1 unspecified atom stereocenters. The fourth-order valence-corrected chi connectivity index (χ4v) is 2.01. The van der Waals surface area contributed by atoms with Crippen molar-refractivity contribution in [2.24, 2.45) is 0 Å². The van der Waals surface area contributed by atoms with Crippen LogP contribution in [0.15, 0.2) is 12.1 Å². The lowest BCUT2D eigenvalue weighted by Gasteiger charge is -2.11. The van der Waals surface area contributed by atoms with Crippen LogP contribution in [-0.2, 0) is 11.3 Å². The Labute approximate surface area is 83.9 Å². The number of aryl methyl sites for hydroxylation is 1. The van der Waals surface area contributed by atoms with Gasteiger partial charge in [0.15, 0.2) is 0 Å². The molecule has 0 amide bonds. The number of nitrogens with one attached hydrogen (secondary N) is 1. The number of thiophene rings is 1. The summed E-state index contributed by atoms with van der Waals surface area (Å²) >= 11 is 1.84. The molecule has 1 aromatic heterocycles. The van der Waals surface area contributed by atoms with Gasteiger partial charge in [0.05, 0.1) is 6.61 Å². The Kier molecular flexibility index (Phi) is 4.42. The molecule has 0 aliphatic rings. The lowest BCUT2D eigenvalue weighted by molar-refractivity contribution is 0.172. The maximum absolute atomic E-state index is 5.04. The normalized spacial score (nSPS) is 13.2. The van der Waals surface area contributed by atoms with Crippen LogP contribution in [0.3, 0.4) is 0 Å². The van der Waals surface area contributed by atoms with Gasteiger partial charge in [-0.25, -0.2) is 0 Å². The Morgan fingerprint density at radius 3 is 2.85 bits per heavy atom. The van der Waals surface area contributed by atoms with Crippen molar-refractivity contribution < 1.29 is 4.74 Å². The van der Waals surface area contributed by atoms with Crippen molar-refractivity contribution in [2.75, 3.05) is 13.7 Å². The topological polar surface area (TPSA) is 21.3 Å². The van der Waals surface area contributed by atoms with E-state index in [1.807, 2.05) is 11.3 Å². The van der Waals surface area contributed by atoms with Crippen LogP contribution < -0.4 is 5.32 Å². The van der Waals surface area contributed by atoms with Gasteiger partial charge in [-0.3, -0.25) is 0 Å². The largest absolute Gasteiger partial charge is 0.383 e. The molecule has 0 fully saturated rings. The summed E-state index contributed by atoms with van der Waals surface area (Å²) in [5, 5.41) is 3.40. The second-order valence-corrected chi connectivity index (χ2v) is 4.62. The zero-order chi connectivity index (χ0) is 9.68. The Morgan fingerprint density at radius 2 is 2.31 bits per heavy atom. The molecule has 0 saturated heterocycles. The molecular formula is C10H17NOS. The van der Waals surface area contributed by atoms with Gasteiger partial charge in [0.2, 0.25) is 0 Å². The Morgan fingerprint density at radius 1 is 1.54 bits per heavy atom. The van der Waals surface area contributed by atoms with Gasteiger partial charge in [-0.15, -0.1) is 11.3 Å². The Bertz CT molecular complexity index is 247. The average molecular weight is 199 g/mol. The van der Waals surface area contributed by atoms with Gasteiger partial charge < -0.3 is 10.1 Å². The van der Waals surface area contributed by atoms with Crippen LogP contribution in [0.5, 0.6) is 0 Å². The molecule has 3 heteroatoms. The van der Waals surface area contributed by atoms with Crippen molar-refractivity contribution in [3.05, 3.63) is 21.9 Å². The number of rotatable bonds is 5. The van der Waals surface area contributed by atoms with Crippen LogP contribution in [0.25, 0.3) is 0 Å². The molecular weight excluding hydrogens is 182 g/mol. The summed E-state index contributed by atoms with van der Waals surface area (Å²) in [5.41, 5.74) is 0. The van der Waals surface area contributed by atoms with Crippen LogP contribution in [-0.4, -0.2) is 19.8 Å². The summed E-state index contributed by atoms with van der Waals surface area (Å²) < 4.78 is 5.04. The molecule has 1 atom stereocenters. The van der Waals surface area contributed by atoms with E-state index in [4.69, 9.17) is 4.74 Å². The first-order valence-electron chi connectivity index (χ1n) is 4.50. The molecule has 2 nitrogen and oxygen atoms in total. The van der Waals surface area contributed by atoms with Crippen LogP contribution in [0.2, 0.25) is 0 Å². The number of ether oxygens (including phenoxy) is 1. The van der Waals surface area contributed by atoms with E-state index in [2.05, 4.69) is 31.3 Å². The van der Waals surface area contributed by atoms with Crippen molar-refractivity contribution in [3.63, 3.8) is 0 Å². The first-order valence-corrected chi connectivity index (χ1v) is 5.31. The van der Waals surface area contributed by atoms with E-state index in [1.54, 1.807) is 7.11 Å². The fourth-order valence-electron chi connectivity index (χ4n) is 1.16. The third-order valence-corrected chi connectivity index (χ3v) is 2.84. The molecule has 0 radical (unpaired) electrons. The molecule has 0 spiro atoms. The molecule has 1 rings (SSSR count). The maximum atomic E-state index is 5.04. The summed E-state index contributed by atoms with van der Waals surface area (Å²) in [6, 6.07) is 4.75. The first-order chi connectivity index (χ1) is 6.22. The molecule has 0 aliphatic heterocycles. The first kappa shape index (κ1) is 10.7. The molecule has 74 valence electrons. The van der Waals surface area contributed by atoms with Gasteiger partial charge in [-0.05, 0) is 26.0 Å². The van der Waals surface area contributed by atoms with Crippen LogP contribution >= 0.6 is 11.3 Å². The predicted octanol–water partition coefficient (Wildman–Crippen LogP) is 2.18. The monoisotopic (exact) mass is 199 g/mol. The maximum Gasteiger partial charge on any atom is 0.0613 e. The molecule has 1 aromatic rings.